The molecule has 2 N–H and O–H groups in total. The zero-order valence-electron chi connectivity index (χ0n) is 10.3. The number of benzene rings is 1. The van der Waals surface area contributed by atoms with E-state index in [1.54, 1.807) is 6.26 Å². The van der Waals surface area contributed by atoms with E-state index in [-0.39, 0.29) is 5.25 Å². The number of hydrogen-bond donors (Lipinski definition) is 1. The van der Waals surface area contributed by atoms with Gasteiger partial charge >= 0.3 is 0 Å². The fourth-order valence-electron chi connectivity index (χ4n) is 1.81. The highest BCUT2D eigenvalue weighted by Gasteiger charge is 2.13. The van der Waals surface area contributed by atoms with E-state index >= 15 is 0 Å². The van der Waals surface area contributed by atoms with Crippen LogP contribution in [0.3, 0.4) is 0 Å². The molecule has 0 saturated carbocycles. The van der Waals surface area contributed by atoms with Crippen LogP contribution in [-0.4, -0.2) is 25.3 Å². The summed E-state index contributed by atoms with van der Waals surface area (Å²) >= 11 is 0. The monoisotopic (exact) mass is 251 g/mol. The van der Waals surface area contributed by atoms with E-state index in [0.717, 1.165) is 16.6 Å². The molecule has 2 aromatic rings. The molecule has 2 unspecified atom stereocenters. The van der Waals surface area contributed by atoms with Crippen LogP contribution in [0.2, 0.25) is 0 Å². The zero-order valence-corrected chi connectivity index (χ0v) is 11.1. The van der Waals surface area contributed by atoms with Crippen LogP contribution in [0.1, 0.15) is 12.5 Å². The Morgan fingerprint density at radius 3 is 2.88 bits per heavy atom. The summed E-state index contributed by atoms with van der Waals surface area (Å²) in [5, 5.41) is 0.0657. The lowest BCUT2D eigenvalue weighted by atomic mass is 10.2. The van der Waals surface area contributed by atoms with Gasteiger partial charge in [-0.05, 0) is 31.5 Å². The van der Waals surface area contributed by atoms with E-state index in [4.69, 9.17) is 5.73 Å². The van der Waals surface area contributed by atoms with Gasteiger partial charge in [0, 0.05) is 28.9 Å². The van der Waals surface area contributed by atoms with E-state index in [9.17, 15) is 4.21 Å². The van der Waals surface area contributed by atoms with Crippen molar-refractivity contribution in [3.63, 3.8) is 0 Å². The van der Waals surface area contributed by atoms with Crippen molar-refractivity contribution in [2.75, 3.05) is 12.0 Å². The summed E-state index contributed by atoms with van der Waals surface area (Å²) < 4.78 is 13.3. The normalized spacial score (nSPS) is 15.0. The third kappa shape index (κ3) is 2.34. The van der Waals surface area contributed by atoms with Crippen LogP contribution < -0.4 is 5.73 Å². The van der Waals surface area contributed by atoms with Gasteiger partial charge in [0.05, 0.1) is 11.0 Å². The Kier molecular flexibility index (Phi) is 3.19. The quantitative estimate of drug-likeness (QED) is 0.903. The third-order valence-electron chi connectivity index (χ3n) is 2.94. The second kappa shape index (κ2) is 4.49. The topological polar surface area (TPSA) is 60.9 Å². The van der Waals surface area contributed by atoms with Gasteiger partial charge < -0.3 is 10.3 Å². The molecule has 0 bridgehead atoms. The first-order valence-electron chi connectivity index (χ1n) is 5.53. The molecule has 0 amide bonds. The number of imidazole rings is 1. The lowest BCUT2D eigenvalue weighted by Gasteiger charge is -2.11. The number of aryl methyl sites for hydroxylation is 1. The molecular weight excluding hydrogens is 234 g/mol. The first-order valence-corrected chi connectivity index (χ1v) is 7.15. The highest BCUT2D eigenvalue weighted by Crippen LogP contribution is 2.20. The summed E-state index contributed by atoms with van der Waals surface area (Å²) in [7, 11) is -0.855. The summed E-state index contributed by atoms with van der Waals surface area (Å²) in [4.78, 5) is 4.33. The Hall–Kier alpha value is -1.36. The third-order valence-corrected chi connectivity index (χ3v) is 4.22. The minimum atomic E-state index is -0.855. The standard InChI is InChI=1S/C12H17N3OS/c1-8-4-5-11-10(6-8)14-12(13)15(11)7-9(2)17(3)16/h4-6,9H,7H2,1-3H3,(H2,13,14). The molecule has 0 spiro atoms. The Morgan fingerprint density at radius 1 is 1.53 bits per heavy atom. The fraction of sp³-hybridized carbons (Fsp3) is 0.417. The number of nitrogens with two attached hydrogens (primary N) is 1. The van der Waals surface area contributed by atoms with E-state index in [2.05, 4.69) is 4.98 Å². The molecule has 0 saturated heterocycles. The molecule has 1 heterocycles. The first kappa shape index (κ1) is 12.1. The predicted octanol–water partition coefficient (Wildman–Crippen LogP) is 1.69. The molecule has 0 fully saturated rings. The Balaban J connectivity index is 2.46. The highest BCUT2D eigenvalue weighted by atomic mass is 32.2. The maximum atomic E-state index is 11.4. The van der Waals surface area contributed by atoms with Crippen molar-refractivity contribution in [3.05, 3.63) is 23.8 Å². The van der Waals surface area contributed by atoms with Crippen LogP contribution in [0.15, 0.2) is 18.2 Å². The molecule has 0 aliphatic heterocycles. The minimum absolute atomic E-state index is 0.0657. The Morgan fingerprint density at radius 2 is 2.24 bits per heavy atom. The molecule has 5 heteroatoms. The fourth-order valence-corrected chi connectivity index (χ4v) is 2.17. The number of anilines is 1. The van der Waals surface area contributed by atoms with Crippen molar-refractivity contribution in [2.24, 2.45) is 0 Å². The predicted molar refractivity (Wildman–Crippen MR) is 72.4 cm³/mol. The van der Waals surface area contributed by atoms with Crippen molar-refractivity contribution in [1.29, 1.82) is 0 Å². The van der Waals surface area contributed by atoms with Gasteiger partial charge in [0.2, 0.25) is 5.95 Å². The van der Waals surface area contributed by atoms with Gasteiger partial charge in [0.1, 0.15) is 0 Å². The van der Waals surface area contributed by atoms with Crippen molar-refractivity contribution in [1.82, 2.24) is 9.55 Å². The van der Waals surface area contributed by atoms with E-state index in [0.29, 0.717) is 12.5 Å². The molecule has 92 valence electrons. The lowest BCUT2D eigenvalue weighted by molar-refractivity contribution is 0.653. The number of hydrogen-bond acceptors (Lipinski definition) is 3. The zero-order chi connectivity index (χ0) is 12.6. The average molecular weight is 251 g/mol. The maximum Gasteiger partial charge on any atom is 0.201 e. The second-order valence-corrected chi connectivity index (χ2v) is 6.18. The van der Waals surface area contributed by atoms with Crippen LogP contribution in [0, 0.1) is 6.92 Å². The number of rotatable bonds is 3. The van der Waals surface area contributed by atoms with Crippen LogP contribution in [0.5, 0.6) is 0 Å². The number of nitrogens with zero attached hydrogens (tertiary/aromatic N) is 2. The molecular formula is C12H17N3OS. The van der Waals surface area contributed by atoms with Crippen molar-refractivity contribution < 1.29 is 4.21 Å². The van der Waals surface area contributed by atoms with Gasteiger partial charge in [-0.1, -0.05) is 6.07 Å². The lowest BCUT2D eigenvalue weighted by Crippen LogP contribution is -2.18. The summed E-state index contributed by atoms with van der Waals surface area (Å²) in [6, 6.07) is 6.06. The van der Waals surface area contributed by atoms with E-state index in [1.807, 2.05) is 36.6 Å². The van der Waals surface area contributed by atoms with E-state index in [1.165, 1.54) is 0 Å². The molecule has 1 aromatic carbocycles. The van der Waals surface area contributed by atoms with Crippen LogP contribution in [-0.2, 0) is 17.3 Å². The molecule has 0 aliphatic rings. The summed E-state index contributed by atoms with van der Waals surface area (Å²) in [5.74, 6) is 0.489. The van der Waals surface area contributed by atoms with E-state index < -0.39 is 10.8 Å². The molecule has 1 aromatic heterocycles. The second-order valence-electron chi connectivity index (χ2n) is 4.38. The summed E-state index contributed by atoms with van der Waals surface area (Å²) in [5.41, 5.74) is 8.97. The van der Waals surface area contributed by atoms with Crippen LogP contribution in [0.25, 0.3) is 11.0 Å². The van der Waals surface area contributed by atoms with Crippen molar-refractivity contribution in [2.45, 2.75) is 25.6 Å². The molecule has 2 atom stereocenters. The van der Waals surface area contributed by atoms with Gasteiger partial charge in [0.15, 0.2) is 0 Å². The molecule has 0 aliphatic carbocycles. The van der Waals surface area contributed by atoms with Gasteiger partial charge in [-0.3, -0.25) is 4.21 Å². The van der Waals surface area contributed by atoms with Crippen molar-refractivity contribution in [3.8, 4) is 0 Å². The SMILES string of the molecule is Cc1ccc2c(c1)nc(N)n2CC(C)S(C)=O. The minimum Gasteiger partial charge on any atom is -0.369 e. The van der Waals surface area contributed by atoms with Gasteiger partial charge in [-0.15, -0.1) is 0 Å². The number of aromatic nitrogens is 2. The van der Waals surface area contributed by atoms with Gasteiger partial charge in [-0.25, -0.2) is 4.98 Å². The molecule has 2 rings (SSSR count). The Bertz CT molecular complexity index is 576. The first-order chi connectivity index (χ1) is 7.99. The smallest absolute Gasteiger partial charge is 0.201 e. The summed E-state index contributed by atoms with van der Waals surface area (Å²) in [6.07, 6.45) is 1.71. The molecule has 4 nitrogen and oxygen atoms in total. The number of nitrogen functional groups attached to an aromatic ring is 1. The van der Waals surface area contributed by atoms with Crippen molar-refractivity contribution >= 4 is 27.8 Å². The number of fused-ring (bicyclic) bond motifs is 1. The highest BCUT2D eigenvalue weighted by molar-refractivity contribution is 7.84. The molecule has 0 radical (unpaired) electrons. The Labute approximate surface area is 103 Å². The average Bonchev–Trinajstić information content (AvgIpc) is 2.54. The summed E-state index contributed by atoms with van der Waals surface area (Å²) in [6.45, 7) is 4.61. The van der Waals surface area contributed by atoms with Gasteiger partial charge in [0.25, 0.3) is 0 Å². The van der Waals surface area contributed by atoms with Crippen LogP contribution in [0.4, 0.5) is 5.95 Å². The maximum absolute atomic E-state index is 11.4. The largest absolute Gasteiger partial charge is 0.369 e. The van der Waals surface area contributed by atoms with Crippen LogP contribution >= 0.6 is 0 Å². The molecule has 17 heavy (non-hydrogen) atoms. The van der Waals surface area contributed by atoms with Gasteiger partial charge in [-0.2, -0.15) is 0 Å².